The summed E-state index contributed by atoms with van der Waals surface area (Å²) >= 11 is 0. The molecule has 1 unspecified atom stereocenters. The van der Waals surface area contributed by atoms with Gasteiger partial charge in [-0.05, 0) is 25.2 Å². The third kappa shape index (κ3) is 2.45. The Balaban J connectivity index is 2.48. The first-order chi connectivity index (χ1) is 6.02. The highest BCUT2D eigenvalue weighted by Crippen LogP contribution is 2.24. The molecule has 2 nitrogen and oxygen atoms in total. The molecule has 1 rings (SSSR count). The summed E-state index contributed by atoms with van der Waals surface area (Å²) in [5.41, 5.74) is 0. The number of rotatable bonds is 2. The second-order valence-electron chi connectivity index (χ2n) is 4.69. The van der Waals surface area contributed by atoms with Crippen molar-refractivity contribution in [3.8, 4) is 0 Å². The zero-order chi connectivity index (χ0) is 10.0. The van der Waals surface area contributed by atoms with Gasteiger partial charge in [-0.25, -0.2) is 0 Å². The fraction of sp³-hybridized carbons (Fsp3) is 0.909. The minimum Gasteiger partial charge on any atom is -0.340 e. The van der Waals surface area contributed by atoms with Crippen molar-refractivity contribution in [3.63, 3.8) is 0 Å². The first kappa shape index (κ1) is 10.6. The maximum atomic E-state index is 11.7. The summed E-state index contributed by atoms with van der Waals surface area (Å²) in [5.74, 6) is 1.50. The molecule has 1 fully saturated rings. The van der Waals surface area contributed by atoms with Gasteiger partial charge in [-0.2, -0.15) is 0 Å². The fourth-order valence-electron chi connectivity index (χ4n) is 1.91. The van der Waals surface area contributed by atoms with E-state index in [1.807, 2.05) is 4.90 Å². The highest BCUT2D eigenvalue weighted by Gasteiger charge is 2.30. The van der Waals surface area contributed by atoms with E-state index < -0.39 is 0 Å². The molecule has 1 amide bonds. The van der Waals surface area contributed by atoms with Crippen molar-refractivity contribution in [2.75, 3.05) is 6.54 Å². The zero-order valence-corrected chi connectivity index (χ0v) is 9.21. The van der Waals surface area contributed by atoms with Gasteiger partial charge in [0, 0.05) is 19.0 Å². The van der Waals surface area contributed by atoms with Gasteiger partial charge in [0.1, 0.15) is 0 Å². The summed E-state index contributed by atoms with van der Waals surface area (Å²) in [4.78, 5) is 13.8. The SMILES string of the molecule is CC(C)CC(=O)N1CC[C@@H](C)C1C. The van der Waals surface area contributed by atoms with Gasteiger partial charge in [0.25, 0.3) is 0 Å². The molecule has 0 aliphatic carbocycles. The van der Waals surface area contributed by atoms with E-state index in [9.17, 15) is 4.79 Å². The Morgan fingerprint density at radius 2 is 2.08 bits per heavy atom. The summed E-state index contributed by atoms with van der Waals surface area (Å²) in [6.07, 6.45) is 1.88. The van der Waals surface area contributed by atoms with E-state index in [4.69, 9.17) is 0 Å². The lowest BCUT2D eigenvalue weighted by Crippen LogP contribution is -2.35. The van der Waals surface area contributed by atoms with Gasteiger partial charge in [0.05, 0.1) is 0 Å². The maximum absolute atomic E-state index is 11.7. The van der Waals surface area contributed by atoms with Crippen LogP contribution in [-0.2, 0) is 4.79 Å². The molecule has 2 atom stereocenters. The summed E-state index contributed by atoms with van der Waals surface area (Å²) in [6.45, 7) is 9.56. The van der Waals surface area contributed by atoms with Gasteiger partial charge >= 0.3 is 0 Å². The number of amides is 1. The second-order valence-corrected chi connectivity index (χ2v) is 4.69. The van der Waals surface area contributed by atoms with E-state index in [-0.39, 0.29) is 0 Å². The first-order valence-corrected chi connectivity index (χ1v) is 5.31. The molecule has 1 aliphatic heterocycles. The Morgan fingerprint density at radius 1 is 1.46 bits per heavy atom. The molecule has 0 radical (unpaired) electrons. The predicted octanol–water partition coefficient (Wildman–Crippen LogP) is 2.29. The van der Waals surface area contributed by atoms with Gasteiger partial charge < -0.3 is 4.90 Å². The quantitative estimate of drug-likeness (QED) is 0.643. The van der Waals surface area contributed by atoms with Crippen LogP contribution in [0.25, 0.3) is 0 Å². The fourth-order valence-corrected chi connectivity index (χ4v) is 1.91. The van der Waals surface area contributed by atoms with Crippen LogP contribution in [0.4, 0.5) is 0 Å². The van der Waals surface area contributed by atoms with E-state index in [2.05, 4.69) is 27.7 Å². The molecule has 1 heterocycles. The Morgan fingerprint density at radius 3 is 2.46 bits per heavy atom. The maximum Gasteiger partial charge on any atom is 0.223 e. The molecule has 1 saturated heterocycles. The highest BCUT2D eigenvalue weighted by atomic mass is 16.2. The van der Waals surface area contributed by atoms with Gasteiger partial charge in [-0.15, -0.1) is 0 Å². The van der Waals surface area contributed by atoms with Crippen molar-refractivity contribution < 1.29 is 4.79 Å². The van der Waals surface area contributed by atoms with Crippen molar-refractivity contribution in [1.82, 2.24) is 4.90 Å². The monoisotopic (exact) mass is 183 g/mol. The summed E-state index contributed by atoms with van der Waals surface area (Å²) < 4.78 is 0. The predicted molar refractivity (Wildman–Crippen MR) is 54.4 cm³/mol. The molecular weight excluding hydrogens is 162 g/mol. The van der Waals surface area contributed by atoms with Crippen LogP contribution < -0.4 is 0 Å². The lowest BCUT2D eigenvalue weighted by Gasteiger charge is -2.24. The largest absolute Gasteiger partial charge is 0.340 e. The van der Waals surface area contributed by atoms with E-state index in [1.165, 1.54) is 6.42 Å². The molecule has 0 saturated carbocycles. The highest BCUT2D eigenvalue weighted by molar-refractivity contribution is 5.77. The van der Waals surface area contributed by atoms with E-state index >= 15 is 0 Å². The van der Waals surface area contributed by atoms with E-state index in [1.54, 1.807) is 0 Å². The molecule has 2 heteroatoms. The number of likely N-dealkylation sites (tertiary alicyclic amines) is 1. The van der Waals surface area contributed by atoms with Crippen molar-refractivity contribution in [2.24, 2.45) is 11.8 Å². The molecule has 0 aromatic rings. The van der Waals surface area contributed by atoms with Crippen LogP contribution in [-0.4, -0.2) is 23.4 Å². The van der Waals surface area contributed by atoms with E-state index in [0.717, 1.165) is 6.54 Å². The van der Waals surface area contributed by atoms with Gasteiger partial charge in [0.15, 0.2) is 0 Å². The minimum atomic E-state index is 0.340. The average molecular weight is 183 g/mol. The van der Waals surface area contributed by atoms with Crippen LogP contribution in [0.2, 0.25) is 0 Å². The molecule has 0 aromatic carbocycles. The summed E-state index contributed by atoms with van der Waals surface area (Å²) in [7, 11) is 0. The zero-order valence-electron chi connectivity index (χ0n) is 9.21. The number of carbonyl (C=O) groups is 1. The first-order valence-electron chi connectivity index (χ1n) is 5.31. The van der Waals surface area contributed by atoms with Crippen LogP contribution in [0.3, 0.4) is 0 Å². The molecule has 13 heavy (non-hydrogen) atoms. The Bertz CT molecular complexity index is 189. The van der Waals surface area contributed by atoms with Gasteiger partial charge in [0.2, 0.25) is 5.91 Å². The Hall–Kier alpha value is -0.530. The van der Waals surface area contributed by atoms with Crippen molar-refractivity contribution in [2.45, 2.75) is 46.6 Å². The van der Waals surface area contributed by atoms with E-state index in [0.29, 0.717) is 30.2 Å². The van der Waals surface area contributed by atoms with Crippen LogP contribution in [0.1, 0.15) is 40.5 Å². The van der Waals surface area contributed by atoms with Gasteiger partial charge in [-0.1, -0.05) is 20.8 Å². The normalized spacial score (nSPS) is 28.5. The number of carbonyl (C=O) groups excluding carboxylic acids is 1. The Kier molecular flexibility index (Phi) is 3.34. The van der Waals surface area contributed by atoms with Crippen LogP contribution >= 0.6 is 0 Å². The smallest absolute Gasteiger partial charge is 0.223 e. The lowest BCUT2D eigenvalue weighted by atomic mass is 10.0. The third-order valence-corrected chi connectivity index (χ3v) is 3.04. The molecule has 0 bridgehead atoms. The van der Waals surface area contributed by atoms with Crippen LogP contribution in [0, 0.1) is 11.8 Å². The van der Waals surface area contributed by atoms with Crippen molar-refractivity contribution >= 4 is 5.91 Å². The molecule has 0 spiro atoms. The summed E-state index contributed by atoms with van der Waals surface area (Å²) in [6, 6.07) is 0.450. The molecule has 0 aromatic heterocycles. The molecule has 0 N–H and O–H groups in total. The van der Waals surface area contributed by atoms with Gasteiger partial charge in [-0.3, -0.25) is 4.79 Å². The van der Waals surface area contributed by atoms with Crippen LogP contribution in [0.15, 0.2) is 0 Å². The molecule has 1 aliphatic rings. The standard InChI is InChI=1S/C11H21NO/c1-8(2)7-11(13)12-6-5-9(3)10(12)4/h8-10H,5-7H2,1-4H3/t9-,10?/m1/s1. The number of nitrogens with zero attached hydrogens (tertiary/aromatic N) is 1. The van der Waals surface area contributed by atoms with Crippen molar-refractivity contribution in [3.05, 3.63) is 0 Å². The number of hydrogen-bond acceptors (Lipinski definition) is 1. The second kappa shape index (κ2) is 4.12. The average Bonchev–Trinajstić information content (AvgIpc) is 2.31. The summed E-state index contributed by atoms with van der Waals surface area (Å²) in [5, 5.41) is 0. The lowest BCUT2D eigenvalue weighted by molar-refractivity contribution is -0.132. The number of hydrogen-bond donors (Lipinski definition) is 0. The third-order valence-electron chi connectivity index (χ3n) is 3.04. The topological polar surface area (TPSA) is 20.3 Å². The Labute approximate surface area is 81.3 Å². The van der Waals surface area contributed by atoms with Crippen LogP contribution in [0.5, 0.6) is 0 Å². The molecular formula is C11H21NO. The minimum absolute atomic E-state index is 0.340. The van der Waals surface area contributed by atoms with Crippen molar-refractivity contribution in [1.29, 1.82) is 0 Å². The molecule has 76 valence electrons.